The van der Waals surface area contributed by atoms with E-state index in [1.54, 1.807) is 11.3 Å². The molecule has 4 heteroatoms. The molecule has 3 nitrogen and oxygen atoms in total. The zero-order valence-electron chi connectivity index (χ0n) is 11.0. The van der Waals surface area contributed by atoms with Gasteiger partial charge in [0.15, 0.2) is 0 Å². The van der Waals surface area contributed by atoms with Crippen LogP contribution in [0.1, 0.15) is 49.4 Å². The fraction of sp³-hybridized carbons (Fsp3) is 0.769. The summed E-state index contributed by atoms with van der Waals surface area (Å²) in [6.45, 7) is 5.24. The van der Waals surface area contributed by atoms with Gasteiger partial charge in [0, 0.05) is 30.8 Å². The summed E-state index contributed by atoms with van der Waals surface area (Å²) >= 11 is 1.80. The molecule has 1 aliphatic rings. The van der Waals surface area contributed by atoms with E-state index in [0.29, 0.717) is 6.04 Å². The zero-order chi connectivity index (χ0) is 12.3. The van der Waals surface area contributed by atoms with Crippen molar-refractivity contribution in [3.63, 3.8) is 0 Å². The monoisotopic (exact) mass is 254 g/mol. The van der Waals surface area contributed by atoms with Gasteiger partial charge < -0.3 is 10.1 Å². The average Bonchev–Trinajstić information content (AvgIpc) is 2.96. The van der Waals surface area contributed by atoms with E-state index >= 15 is 0 Å². The molecule has 96 valence electrons. The molecule has 0 amide bonds. The van der Waals surface area contributed by atoms with Gasteiger partial charge in [-0.2, -0.15) is 0 Å². The number of nitrogens with zero attached hydrogens (tertiary/aromatic N) is 1. The molecule has 0 spiro atoms. The topological polar surface area (TPSA) is 34.1 Å². The van der Waals surface area contributed by atoms with Crippen molar-refractivity contribution < 1.29 is 4.74 Å². The summed E-state index contributed by atoms with van der Waals surface area (Å²) in [5.74, 6) is 0. The van der Waals surface area contributed by atoms with Crippen LogP contribution in [0.25, 0.3) is 0 Å². The van der Waals surface area contributed by atoms with Gasteiger partial charge in [0.25, 0.3) is 0 Å². The van der Waals surface area contributed by atoms with E-state index in [4.69, 9.17) is 4.74 Å². The fourth-order valence-electron chi connectivity index (χ4n) is 2.36. The number of ether oxygens (including phenoxy) is 1. The first kappa shape index (κ1) is 13.0. The molecule has 1 heterocycles. The summed E-state index contributed by atoms with van der Waals surface area (Å²) < 4.78 is 5.75. The SMILES string of the molecule is COC1(c2ncc(CNC(C)C)s2)CCCC1. The Bertz CT molecular complexity index is 356. The van der Waals surface area contributed by atoms with Crippen LogP contribution in [-0.2, 0) is 16.9 Å². The molecule has 0 saturated heterocycles. The van der Waals surface area contributed by atoms with Crippen LogP contribution in [0.4, 0.5) is 0 Å². The predicted molar refractivity (Wildman–Crippen MR) is 71.2 cm³/mol. The van der Waals surface area contributed by atoms with Crippen LogP contribution in [0.5, 0.6) is 0 Å². The molecular weight excluding hydrogens is 232 g/mol. The summed E-state index contributed by atoms with van der Waals surface area (Å²) in [6.07, 6.45) is 6.75. The molecular formula is C13H22N2OS. The summed E-state index contributed by atoms with van der Waals surface area (Å²) in [4.78, 5) is 5.88. The van der Waals surface area contributed by atoms with Crippen LogP contribution in [-0.4, -0.2) is 18.1 Å². The molecule has 0 unspecified atom stereocenters. The number of hydrogen-bond acceptors (Lipinski definition) is 4. The summed E-state index contributed by atoms with van der Waals surface area (Å²) in [6, 6.07) is 0.517. The van der Waals surface area contributed by atoms with E-state index in [0.717, 1.165) is 24.4 Å². The normalized spacial score (nSPS) is 19.1. The molecule has 0 aliphatic heterocycles. The lowest BCUT2D eigenvalue weighted by atomic mass is 10.0. The predicted octanol–water partition coefficient (Wildman–Crippen LogP) is 3.06. The third kappa shape index (κ3) is 2.87. The number of nitrogens with one attached hydrogen (secondary N) is 1. The Labute approximate surface area is 108 Å². The van der Waals surface area contributed by atoms with Crippen molar-refractivity contribution in [1.82, 2.24) is 10.3 Å². The summed E-state index contributed by atoms with van der Waals surface area (Å²) in [5, 5.41) is 4.59. The van der Waals surface area contributed by atoms with Crippen molar-refractivity contribution in [3.8, 4) is 0 Å². The number of methoxy groups -OCH3 is 1. The molecule has 2 rings (SSSR count). The number of hydrogen-bond donors (Lipinski definition) is 1. The van der Waals surface area contributed by atoms with Crippen LogP contribution >= 0.6 is 11.3 Å². The minimum atomic E-state index is -0.0826. The van der Waals surface area contributed by atoms with Gasteiger partial charge in [-0.25, -0.2) is 4.98 Å². The lowest BCUT2D eigenvalue weighted by Crippen LogP contribution is -2.24. The van der Waals surface area contributed by atoms with Gasteiger partial charge in [-0.05, 0) is 12.8 Å². The van der Waals surface area contributed by atoms with Crippen molar-refractivity contribution in [2.75, 3.05) is 7.11 Å². The molecule has 0 bridgehead atoms. The van der Waals surface area contributed by atoms with E-state index < -0.39 is 0 Å². The maximum absolute atomic E-state index is 5.75. The second-order valence-corrected chi connectivity index (χ2v) is 6.19. The standard InChI is InChI=1S/C13H22N2OS/c1-10(2)14-8-11-9-15-12(17-11)13(16-3)6-4-5-7-13/h9-10,14H,4-8H2,1-3H3. The Morgan fingerprint density at radius 3 is 2.76 bits per heavy atom. The lowest BCUT2D eigenvalue weighted by molar-refractivity contribution is -0.00885. The van der Waals surface area contributed by atoms with Crippen LogP contribution in [0, 0.1) is 0 Å². The molecule has 1 aromatic heterocycles. The Morgan fingerprint density at radius 1 is 1.47 bits per heavy atom. The van der Waals surface area contributed by atoms with Gasteiger partial charge in [-0.1, -0.05) is 26.7 Å². The molecule has 0 aromatic carbocycles. The summed E-state index contributed by atoms with van der Waals surface area (Å²) in [5.41, 5.74) is -0.0826. The molecule has 1 fully saturated rings. The van der Waals surface area contributed by atoms with Crippen LogP contribution in [0.3, 0.4) is 0 Å². The smallest absolute Gasteiger partial charge is 0.125 e. The molecule has 17 heavy (non-hydrogen) atoms. The Balaban J connectivity index is 2.06. The fourth-order valence-corrected chi connectivity index (χ4v) is 3.44. The lowest BCUT2D eigenvalue weighted by Gasteiger charge is -2.24. The van der Waals surface area contributed by atoms with E-state index in [9.17, 15) is 0 Å². The molecule has 1 saturated carbocycles. The van der Waals surface area contributed by atoms with E-state index in [1.165, 1.54) is 17.7 Å². The van der Waals surface area contributed by atoms with Gasteiger partial charge in [-0.3, -0.25) is 0 Å². The average molecular weight is 254 g/mol. The van der Waals surface area contributed by atoms with Gasteiger partial charge in [0.1, 0.15) is 10.6 Å². The van der Waals surface area contributed by atoms with E-state index in [1.807, 2.05) is 13.3 Å². The third-order valence-electron chi connectivity index (χ3n) is 3.43. The third-order valence-corrected chi connectivity index (χ3v) is 4.61. The zero-order valence-corrected chi connectivity index (χ0v) is 11.8. The van der Waals surface area contributed by atoms with E-state index in [-0.39, 0.29) is 5.60 Å². The van der Waals surface area contributed by atoms with Crippen LogP contribution < -0.4 is 5.32 Å². The number of rotatable bonds is 5. The van der Waals surface area contributed by atoms with Gasteiger partial charge in [0.2, 0.25) is 0 Å². The number of aromatic nitrogens is 1. The Kier molecular flexibility index (Phi) is 4.17. The molecule has 1 aromatic rings. The first-order chi connectivity index (χ1) is 8.16. The van der Waals surface area contributed by atoms with Gasteiger partial charge in [-0.15, -0.1) is 11.3 Å². The second kappa shape index (κ2) is 5.46. The maximum Gasteiger partial charge on any atom is 0.125 e. The van der Waals surface area contributed by atoms with Crippen molar-refractivity contribution in [2.45, 2.75) is 57.7 Å². The van der Waals surface area contributed by atoms with Crippen LogP contribution in [0.2, 0.25) is 0 Å². The highest BCUT2D eigenvalue weighted by atomic mass is 32.1. The highest BCUT2D eigenvalue weighted by Crippen LogP contribution is 2.43. The second-order valence-electron chi connectivity index (χ2n) is 5.07. The molecule has 1 aliphatic carbocycles. The van der Waals surface area contributed by atoms with Gasteiger partial charge in [0.05, 0.1) is 0 Å². The Hall–Kier alpha value is -0.450. The quantitative estimate of drug-likeness (QED) is 0.877. The molecule has 0 radical (unpaired) electrons. The Morgan fingerprint density at radius 2 is 2.18 bits per heavy atom. The van der Waals surface area contributed by atoms with Gasteiger partial charge >= 0.3 is 0 Å². The minimum absolute atomic E-state index is 0.0826. The van der Waals surface area contributed by atoms with E-state index in [2.05, 4.69) is 24.1 Å². The largest absolute Gasteiger partial charge is 0.371 e. The number of thiazole rings is 1. The van der Waals surface area contributed by atoms with Crippen molar-refractivity contribution >= 4 is 11.3 Å². The van der Waals surface area contributed by atoms with Crippen molar-refractivity contribution in [1.29, 1.82) is 0 Å². The highest BCUT2D eigenvalue weighted by molar-refractivity contribution is 7.11. The first-order valence-corrected chi connectivity index (χ1v) is 7.22. The minimum Gasteiger partial charge on any atom is -0.371 e. The first-order valence-electron chi connectivity index (χ1n) is 6.40. The highest BCUT2D eigenvalue weighted by Gasteiger charge is 2.38. The molecule has 0 atom stereocenters. The van der Waals surface area contributed by atoms with Crippen molar-refractivity contribution in [2.24, 2.45) is 0 Å². The summed E-state index contributed by atoms with van der Waals surface area (Å²) in [7, 11) is 1.82. The maximum atomic E-state index is 5.75. The van der Waals surface area contributed by atoms with Crippen LogP contribution in [0.15, 0.2) is 6.20 Å². The van der Waals surface area contributed by atoms with Crippen molar-refractivity contribution in [3.05, 3.63) is 16.1 Å². The molecule has 1 N–H and O–H groups in total.